The SMILES string of the molecule is CN(c1nc2cc(F)ccc2o1)C1CCc2c(CC(=O)O)c3ccc(F)cn3c2C1. The molecule has 1 unspecified atom stereocenters. The van der Waals surface area contributed by atoms with Gasteiger partial charge in [-0.3, -0.25) is 4.79 Å². The molecule has 0 amide bonds. The van der Waals surface area contributed by atoms with E-state index in [0.29, 0.717) is 30.0 Å². The predicted molar refractivity (Wildman–Crippen MR) is 107 cm³/mol. The number of carboxylic acid groups (broad SMARTS) is 1. The number of benzene rings is 1. The van der Waals surface area contributed by atoms with Crippen molar-refractivity contribution in [1.82, 2.24) is 9.38 Å². The molecule has 3 heterocycles. The quantitative estimate of drug-likeness (QED) is 0.550. The van der Waals surface area contributed by atoms with Crippen LogP contribution in [0, 0.1) is 11.6 Å². The number of halogens is 2. The molecule has 0 radical (unpaired) electrons. The summed E-state index contributed by atoms with van der Waals surface area (Å²) >= 11 is 0. The zero-order chi connectivity index (χ0) is 21.0. The summed E-state index contributed by atoms with van der Waals surface area (Å²) < 4.78 is 35.0. The van der Waals surface area contributed by atoms with E-state index < -0.39 is 5.97 Å². The smallest absolute Gasteiger partial charge is 0.307 e. The maximum Gasteiger partial charge on any atom is 0.307 e. The Morgan fingerprint density at radius 2 is 2.10 bits per heavy atom. The number of likely N-dealkylation sites (N-methyl/N-ethyl adjacent to an activating group) is 1. The standard InChI is InChI=1S/C22H19F2N3O3/c1-26(22-25-17-8-12(23)3-7-20(17)30-22)14-4-5-15-16(10-21(28)29)18-6-2-13(24)11-27(18)19(15)9-14/h2-3,6-8,11,14H,4-5,9-10H2,1H3,(H,28,29). The van der Waals surface area contributed by atoms with Crippen LogP contribution in [0.15, 0.2) is 40.9 Å². The highest BCUT2D eigenvalue weighted by atomic mass is 19.1. The van der Waals surface area contributed by atoms with Crippen molar-refractivity contribution >= 4 is 28.6 Å². The molecule has 1 aliphatic rings. The number of oxazole rings is 1. The van der Waals surface area contributed by atoms with Crippen molar-refractivity contribution in [3.8, 4) is 0 Å². The molecule has 0 spiro atoms. The molecule has 5 rings (SSSR count). The summed E-state index contributed by atoms with van der Waals surface area (Å²) in [5, 5.41) is 9.34. The number of hydrogen-bond donors (Lipinski definition) is 1. The first-order chi connectivity index (χ1) is 14.4. The third-order valence-corrected chi connectivity index (χ3v) is 5.90. The molecule has 30 heavy (non-hydrogen) atoms. The first kappa shape index (κ1) is 18.6. The summed E-state index contributed by atoms with van der Waals surface area (Å²) in [5.41, 5.74) is 4.32. The van der Waals surface area contributed by atoms with Crippen LogP contribution in [0.5, 0.6) is 0 Å². The van der Waals surface area contributed by atoms with E-state index in [1.54, 1.807) is 16.5 Å². The number of aromatic nitrogens is 2. The van der Waals surface area contributed by atoms with Crippen molar-refractivity contribution in [3.05, 3.63) is 65.0 Å². The van der Waals surface area contributed by atoms with Gasteiger partial charge in [-0.25, -0.2) is 8.78 Å². The topological polar surface area (TPSA) is 71.0 Å². The average molecular weight is 411 g/mol. The molecule has 8 heteroatoms. The van der Waals surface area contributed by atoms with Gasteiger partial charge < -0.3 is 18.8 Å². The van der Waals surface area contributed by atoms with Crippen LogP contribution in [-0.4, -0.2) is 33.6 Å². The van der Waals surface area contributed by atoms with Crippen LogP contribution < -0.4 is 4.90 Å². The van der Waals surface area contributed by atoms with Gasteiger partial charge in [-0.2, -0.15) is 4.98 Å². The van der Waals surface area contributed by atoms with Gasteiger partial charge in [0.25, 0.3) is 6.01 Å². The summed E-state index contributed by atoms with van der Waals surface area (Å²) in [5.74, 6) is -1.66. The van der Waals surface area contributed by atoms with Gasteiger partial charge >= 0.3 is 5.97 Å². The first-order valence-electron chi connectivity index (χ1n) is 9.71. The molecule has 0 bridgehead atoms. The minimum absolute atomic E-state index is 0.0226. The largest absolute Gasteiger partial charge is 0.481 e. The fraction of sp³-hybridized carbons (Fsp3) is 0.273. The van der Waals surface area contributed by atoms with Crippen molar-refractivity contribution in [2.45, 2.75) is 31.7 Å². The van der Waals surface area contributed by atoms with Crippen LogP contribution >= 0.6 is 0 Å². The highest BCUT2D eigenvalue weighted by Crippen LogP contribution is 2.34. The monoisotopic (exact) mass is 411 g/mol. The van der Waals surface area contributed by atoms with Crippen molar-refractivity contribution in [1.29, 1.82) is 0 Å². The number of anilines is 1. The molecule has 1 aliphatic carbocycles. The molecule has 0 saturated carbocycles. The van der Waals surface area contributed by atoms with E-state index in [1.807, 2.05) is 11.9 Å². The summed E-state index contributed by atoms with van der Waals surface area (Å²) in [6, 6.07) is 7.62. The Morgan fingerprint density at radius 1 is 1.30 bits per heavy atom. The van der Waals surface area contributed by atoms with E-state index in [-0.39, 0.29) is 24.1 Å². The molecule has 1 atom stereocenters. The number of rotatable bonds is 4. The number of carboxylic acids is 1. The second-order valence-corrected chi connectivity index (χ2v) is 7.69. The Kier molecular flexibility index (Phi) is 4.23. The van der Waals surface area contributed by atoms with Gasteiger partial charge in [0.1, 0.15) is 17.2 Å². The zero-order valence-corrected chi connectivity index (χ0v) is 16.2. The van der Waals surface area contributed by atoms with Crippen molar-refractivity contribution in [3.63, 3.8) is 0 Å². The lowest BCUT2D eigenvalue weighted by molar-refractivity contribution is -0.136. The molecule has 4 aromatic rings. The molecule has 1 aromatic carbocycles. The molecular formula is C22H19F2N3O3. The van der Waals surface area contributed by atoms with Crippen molar-refractivity contribution in [2.24, 2.45) is 0 Å². The van der Waals surface area contributed by atoms with Crippen LogP contribution in [0.4, 0.5) is 14.8 Å². The highest BCUT2D eigenvalue weighted by Gasteiger charge is 2.30. The lowest BCUT2D eigenvalue weighted by Crippen LogP contribution is -2.37. The molecule has 0 saturated heterocycles. The summed E-state index contributed by atoms with van der Waals surface area (Å²) in [6.07, 6.45) is 3.34. The maximum absolute atomic E-state index is 13.9. The van der Waals surface area contributed by atoms with Crippen LogP contribution in [0.3, 0.4) is 0 Å². The maximum atomic E-state index is 13.9. The number of pyridine rings is 1. The van der Waals surface area contributed by atoms with Gasteiger partial charge in [0.15, 0.2) is 5.58 Å². The second-order valence-electron chi connectivity index (χ2n) is 7.69. The second kappa shape index (κ2) is 6.83. The Balaban J connectivity index is 1.52. The minimum Gasteiger partial charge on any atom is -0.481 e. The first-order valence-corrected chi connectivity index (χ1v) is 9.71. The van der Waals surface area contributed by atoms with E-state index >= 15 is 0 Å². The fourth-order valence-corrected chi connectivity index (χ4v) is 4.45. The zero-order valence-electron chi connectivity index (χ0n) is 16.2. The number of carbonyl (C=O) groups is 1. The van der Waals surface area contributed by atoms with Crippen LogP contribution in [-0.2, 0) is 24.1 Å². The van der Waals surface area contributed by atoms with E-state index in [9.17, 15) is 18.7 Å². The molecule has 154 valence electrons. The number of nitrogens with zero attached hydrogens (tertiary/aromatic N) is 3. The van der Waals surface area contributed by atoms with Crippen LogP contribution in [0.25, 0.3) is 16.6 Å². The summed E-state index contributed by atoms with van der Waals surface area (Å²) in [4.78, 5) is 17.7. The Bertz CT molecular complexity index is 1290. The number of aliphatic carboxylic acids is 1. The lowest BCUT2D eigenvalue weighted by atomic mass is 9.89. The van der Waals surface area contributed by atoms with Gasteiger partial charge in [0.05, 0.1) is 6.42 Å². The van der Waals surface area contributed by atoms with Gasteiger partial charge in [-0.05, 0) is 48.2 Å². The average Bonchev–Trinajstić information content (AvgIpc) is 3.26. The van der Waals surface area contributed by atoms with Gasteiger partial charge in [-0.15, -0.1) is 0 Å². The van der Waals surface area contributed by atoms with E-state index in [4.69, 9.17) is 4.42 Å². The Hall–Kier alpha value is -3.42. The Labute approximate surface area is 170 Å². The predicted octanol–water partition coefficient (Wildman–Crippen LogP) is 3.98. The van der Waals surface area contributed by atoms with Crippen molar-refractivity contribution < 1.29 is 23.1 Å². The fourth-order valence-electron chi connectivity index (χ4n) is 4.45. The Morgan fingerprint density at radius 3 is 2.90 bits per heavy atom. The molecule has 6 nitrogen and oxygen atoms in total. The molecular weight excluding hydrogens is 392 g/mol. The highest BCUT2D eigenvalue weighted by molar-refractivity contribution is 5.77. The van der Waals surface area contributed by atoms with E-state index in [0.717, 1.165) is 28.8 Å². The molecule has 3 aromatic heterocycles. The summed E-state index contributed by atoms with van der Waals surface area (Å²) in [6.45, 7) is 0. The van der Waals surface area contributed by atoms with Gasteiger partial charge in [0.2, 0.25) is 0 Å². The molecule has 1 N–H and O–H groups in total. The normalized spacial score (nSPS) is 16.2. The van der Waals surface area contributed by atoms with Gasteiger partial charge in [-0.1, -0.05) is 0 Å². The minimum atomic E-state index is -0.910. The number of hydrogen-bond acceptors (Lipinski definition) is 4. The van der Waals surface area contributed by atoms with Gasteiger partial charge in [0, 0.05) is 43.0 Å². The van der Waals surface area contributed by atoms with Crippen LogP contribution in [0.1, 0.15) is 23.2 Å². The van der Waals surface area contributed by atoms with Crippen molar-refractivity contribution in [2.75, 3.05) is 11.9 Å². The van der Waals surface area contributed by atoms with E-state index in [2.05, 4.69) is 4.98 Å². The molecule has 0 aliphatic heterocycles. The third kappa shape index (κ3) is 2.99. The lowest BCUT2D eigenvalue weighted by Gasteiger charge is -2.30. The third-order valence-electron chi connectivity index (χ3n) is 5.90. The number of fused-ring (bicyclic) bond motifs is 4. The summed E-state index contributed by atoms with van der Waals surface area (Å²) in [7, 11) is 1.87. The van der Waals surface area contributed by atoms with Crippen LogP contribution in [0.2, 0.25) is 0 Å². The molecule has 0 fully saturated rings. The van der Waals surface area contributed by atoms with E-state index in [1.165, 1.54) is 24.4 Å².